The molecule has 2 aromatic carbocycles. The topological polar surface area (TPSA) is 87.2 Å². The third-order valence-corrected chi connectivity index (χ3v) is 6.86. The van der Waals surface area contributed by atoms with Crippen molar-refractivity contribution in [3.05, 3.63) is 78.9 Å². The number of hydrogen-bond donors (Lipinski definition) is 0. The lowest BCUT2D eigenvalue weighted by molar-refractivity contribution is 0.418. The lowest BCUT2D eigenvalue weighted by atomic mass is 10.1. The second kappa shape index (κ2) is 9.39. The van der Waals surface area contributed by atoms with E-state index in [4.69, 9.17) is 27.9 Å². The Labute approximate surface area is 211 Å². The molecule has 3 heterocycles. The summed E-state index contributed by atoms with van der Waals surface area (Å²) < 4.78 is 9.86. The van der Waals surface area contributed by atoms with Gasteiger partial charge in [0.05, 0.1) is 25.7 Å². The molecule has 9 nitrogen and oxygen atoms in total. The highest BCUT2D eigenvalue weighted by atomic mass is 35.5. The Balaban J connectivity index is 1.79. The molecule has 0 N–H and O–H groups in total. The van der Waals surface area contributed by atoms with Gasteiger partial charge in [0.25, 0.3) is 5.56 Å². The number of anilines is 1. The molecular formula is C24H24Cl2N6O3. The Morgan fingerprint density at radius 1 is 1.03 bits per heavy atom. The first-order valence-electron chi connectivity index (χ1n) is 11.2. The van der Waals surface area contributed by atoms with Crippen LogP contribution in [0.5, 0.6) is 5.75 Å². The van der Waals surface area contributed by atoms with Gasteiger partial charge in [0.1, 0.15) is 17.5 Å². The molecule has 0 radical (unpaired) electrons. The van der Waals surface area contributed by atoms with Crippen molar-refractivity contribution in [2.24, 2.45) is 7.05 Å². The van der Waals surface area contributed by atoms with Gasteiger partial charge in [0, 0.05) is 41.9 Å². The van der Waals surface area contributed by atoms with Crippen LogP contribution in [0.25, 0.3) is 10.9 Å². The van der Waals surface area contributed by atoms with Crippen LogP contribution in [0.2, 0.25) is 10.0 Å². The Morgan fingerprint density at radius 3 is 2.49 bits per heavy atom. The minimum atomic E-state index is -0.494. The molecule has 1 saturated heterocycles. The van der Waals surface area contributed by atoms with Gasteiger partial charge >= 0.3 is 5.69 Å². The number of nitrogens with zero attached hydrogens (tertiary/aromatic N) is 6. The van der Waals surface area contributed by atoms with Gasteiger partial charge in [-0.2, -0.15) is 5.10 Å². The maximum Gasteiger partial charge on any atom is 0.332 e. The molecular weight excluding hydrogens is 491 g/mol. The van der Waals surface area contributed by atoms with E-state index in [0.29, 0.717) is 38.1 Å². The maximum atomic E-state index is 13.8. The summed E-state index contributed by atoms with van der Waals surface area (Å²) in [6, 6.07) is 8.85. The molecule has 182 valence electrons. The summed E-state index contributed by atoms with van der Waals surface area (Å²) in [7, 11) is 3.25. The van der Waals surface area contributed by atoms with Crippen molar-refractivity contribution < 1.29 is 4.74 Å². The van der Waals surface area contributed by atoms with Crippen molar-refractivity contribution in [3.63, 3.8) is 0 Å². The summed E-state index contributed by atoms with van der Waals surface area (Å²) >= 11 is 12.7. The largest absolute Gasteiger partial charge is 0.496 e. The van der Waals surface area contributed by atoms with Crippen LogP contribution in [-0.2, 0) is 20.1 Å². The lowest BCUT2D eigenvalue weighted by Gasteiger charge is -2.22. The molecule has 0 spiro atoms. The highest BCUT2D eigenvalue weighted by Gasteiger charge is 2.22. The first-order valence-corrected chi connectivity index (χ1v) is 12.0. The van der Waals surface area contributed by atoms with Gasteiger partial charge in [-0.15, -0.1) is 0 Å². The first-order chi connectivity index (χ1) is 16.9. The van der Waals surface area contributed by atoms with Gasteiger partial charge < -0.3 is 9.64 Å². The summed E-state index contributed by atoms with van der Waals surface area (Å²) in [5, 5.41) is 5.52. The number of fused-ring (bicyclic) bond motifs is 1. The van der Waals surface area contributed by atoms with Crippen LogP contribution in [0.4, 0.5) is 5.69 Å². The van der Waals surface area contributed by atoms with Crippen molar-refractivity contribution in [2.75, 3.05) is 25.1 Å². The molecule has 0 amide bonds. The lowest BCUT2D eigenvalue weighted by Crippen LogP contribution is -2.41. The minimum absolute atomic E-state index is 0.0746. The SMILES string of the molecule is COc1cc(N2CCCC2)cc2c1c(=O)n(Cc1ncn(C)n1)c(=O)n2Cc1cc(Cl)ccc1Cl. The van der Waals surface area contributed by atoms with Crippen LogP contribution in [-0.4, -0.2) is 44.1 Å². The molecule has 1 aliphatic rings. The molecule has 1 aliphatic heterocycles. The molecule has 2 aromatic heterocycles. The number of rotatable bonds is 6. The number of aryl methyl sites for hydroxylation is 1. The van der Waals surface area contributed by atoms with E-state index in [9.17, 15) is 9.59 Å². The van der Waals surface area contributed by atoms with Crippen molar-refractivity contribution in [3.8, 4) is 5.75 Å². The Hall–Kier alpha value is -3.30. The summed E-state index contributed by atoms with van der Waals surface area (Å²) in [4.78, 5) is 33.8. The van der Waals surface area contributed by atoms with E-state index in [2.05, 4.69) is 15.0 Å². The van der Waals surface area contributed by atoms with E-state index in [1.165, 1.54) is 18.1 Å². The van der Waals surface area contributed by atoms with Crippen molar-refractivity contribution in [2.45, 2.75) is 25.9 Å². The zero-order chi connectivity index (χ0) is 24.7. The predicted molar refractivity (Wildman–Crippen MR) is 136 cm³/mol. The fraction of sp³-hybridized carbons (Fsp3) is 0.333. The fourth-order valence-corrected chi connectivity index (χ4v) is 4.90. The van der Waals surface area contributed by atoms with Gasteiger partial charge in [-0.1, -0.05) is 23.2 Å². The van der Waals surface area contributed by atoms with Crippen LogP contribution in [0.15, 0.2) is 46.2 Å². The van der Waals surface area contributed by atoms with E-state index >= 15 is 0 Å². The molecule has 4 aromatic rings. The Morgan fingerprint density at radius 2 is 1.80 bits per heavy atom. The van der Waals surface area contributed by atoms with Crippen LogP contribution in [0, 0.1) is 0 Å². The highest BCUT2D eigenvalue weighted by Crippen LogP contribution is 2.32. The van der Waals surface area contributed by atoms with Gasteiger partial charge in [0.15, 0.2) is 5.82 Å². The van der Waals surface area contributed by atoms with Gasteiger partial charge in [-0.05, 0) is 42.7 Å². The van der Waals surface area contributed by atoms with E-state index < -0.39 is 11.2 Å². The number of aromatic nitrogens is 5. The molecule has 35 heavy (non-hydrogen) atoms. The second-order valence-corrected chi connectivity index (χ2v) is 9.41. The van der Waals surface area contributed by atoms with Crippen LogP contribution >= 0.6 is 23.2 Å². The molecule has 1 fully saturated rings. The Bertz CT molecular complexity index is 1540. The molecule has 11 heteroatoms. The van der Waals surface area contributed by atoms with Crippen molar-refractivity contribution in [1.29, 1.82) is 0 Å². The molecule has 0 aliphatic carbocycles. The maximum absolute atomic E-state index is 13.8. The third kappa shape index (κ3) is 4.41. The van der Waals surface area contributed by atoms with Gasteiger partial charge in [-0.3, -0.25) is 18.6 Å². The number of ether oxygens (including phenoxy) is 1. The van der Waals surface area contributed by atoms with Crippen molar-refractivity contribution >= 4 is 39.8 Å². The number of hydrogen-bond acceptors (Lipinski definition) is 6. The summed E-state index contributed by atoms with van der Waals surface area (Å²) in [6.45, 7) is 1.86. The molecule has 0 unspecified atom stereocenters. The first kappa shape index (κ1) is 23.4. The van der Waals surface area contributed by atoms with Gasteiger partial charge in [-0.25, -0.2) is 9.78 Å². The number of methoxy groups -OCH3 is 1. The fourth-order valence-electron chi connectivity index (χ4n) is 4.53. The van der Waals surface area contributed by atoms with E-state index in [0.717, 1.165) is 36.2 Å². The van der Waals surface area contributed by atoms with Crippen LogP contribution in [0.3, 0.4) is 0 Å². The average Bonchev–Trinajstić information content (AvgIpc) is 3.52. The zero-order valence-corrected chi connectivity index (χ0v) is 20.9. The molecule has 5 rings (SSSR count). The van der Waals surface area contributed by atoms with E-state index in [-0.39, 0.29) is 13.1 Å². The highest BCUT2D eigenvalue weighted by molar-refractivity contribution is 6.33. The zero-order valence-electron chi connectivity index (χ0n) is 19.4. The molecule has 0 saturated carbocycles. The number of halogens is 2. The third-order valence-electron chi connectivity index (χ3n) is 6.25. The average molecular weight is 515 g/mol. The minimum Gasteiger partial charge on any atom is -0.496 e. The number of benzene rings is 2. The monoisotopic (exact) mass is 514 g/mol. The quantitative estimate of drug-likeness (QED) is 0.392. The second-order valence-electron chi connectivity index (χ2n) is 8.57. The van der Waals surface area contributed by atoms with E-state index in [1.54, 1.807) is 29.8 Å². The van der Waals surface area contributed by atoms with Crippen LogP contribution in [0.1, 0.15) is 24.2 Å². The van der Waals surface area contributed by atoms with Crippen molar-refractivity contribution in [1.82, 2.24) is 23.9 Å². The Kier molecular flexibility index (Phi) is 6.29. The standard InChI is InChI=1S/C24H24Cl2N6O3/c1-29-14-27-21(28-29)13-32-23(33)22-19(10-17(11-20(22)35-2)30-7-3-4-8-30)31(24(32)34)12-15-9-16(25)5-6-18(15)26/h5-6,9-11,14H,3-4,7-8,12-13H2,1-2H3. The summed E-state index contributed by atoms with van der Waals surface area (Å²) in [5.74, 6) is 0.758. The predicted octanol–water partition coefficient (Wildman–Crippen LogP) is 3.30. The van der Waals surface area contributed by atoms with Crippen LogP contribution < -0.4 is 20.9 Å². The normalized spacial score (nSPS) is 13.7. The smallest absolute Gasteiger partial charge is 0.332 e. The summed E-state index contributed by atoms with van der Waals surface area (Å²) in [5.41, 5.74) is 1.08. The van der Waals surface area contributed by atoms with Gasteiger partial charge in [0.2, 0.25) is 0 Å². The molecule has 0 atom stereocenters. The van der Waals surface area contributed by atoms with E-state index in [1.807, 2.05) is 12.1 Å². The summed E-state index contributed by atoms with van der Waals surface area (Å²) in [6.07, 6.45) is 3.70. The molecule has 0 bridgehead atoms.